The molecule has 28 heavy (non-hydrogen) atoms. The van der Waals surface area contributed by atoms with E-state index in [1.165, 1.54) is 0 Å². The second-order valence-electron chi connectivity index (χ2n) is 8.52. The van der Waals surface area contributed by atoms with E-state index in [4.69, 9.17) is 16.0 Å². The molecule has 4 unspecified atom stereocenters. The van der Waals surface area contributed by atoms with Gasteiger partial charge in [-0.1, -0.05) is 11.6 Å². The number of amides is 1. The number of nitrogens with zero attached hydrogens (tertiary/aromatic N) is 2. The summed E-state index contributed by atoms with van der Waals surface area (Å²) in [6.45, 7) is 1.83. The van der Waals surface area contributed by atoms with E-state index in [9.17, 15) is 9.00 Å². The summed E-state index contributed by atoms with van der Waals surface area (Å²) >= 11 is 6.05. The van der Waals surface area contributed by atoms with Crippen LogP contribution >= 0.6 is 11.6 Å². The summed E-state index contributed by atoms with van der Waals surface area (Å²) in [4.78, 5) is 19.3. The predicted molar refractivity (Wildman–Crippen MR) is 110 cm³/mol. The highest BCUT2D eigenvalue weighted by molar-refractivity contribution is 7.85. The lowest BCUT2D eigenvalue weighted by molar-refractivity contribution is -0.124. The first kappa shape index (κ1) is 18.4. The van der Waals surface area contributed by atoms with Crippen molar-refractivity contribution < 1.29 is 13.4 Å². The minimum atomic E-state index is -0.813. The summed E-state index contributed by atoms with van der Waals surface area (Å²) in [5.74, 6) is 1.22. The topological polar surface area (TPSA) is 75.4 Å². The zero-order chi connectivity index (χ0) is 19.3. The molecule has 150 valence electrons. The summed E-state index contributed by atoms with van der Waals surface area (Å²) in [6, 6.07) is 6.39. The molecule has 1 aromatic carbocycles. The van der Waals surface area contributed by atoms with Gasteiger partial charge in [0.1, 0.15) is 5.52 Å². The van der Waals surface area contributed by atoms with E-state index in [1.807, 2.05) is 18.2 Å². The fourth-order valence-electron chi connectivity index (χ4n) is 5.01. The van der Waals surface area contributed by atoms with Gasteiger partial charge in [-0.25, -0.2) is 0 Å². The zero-order valence-corrected chi connectivity index (χ0v) is 17.2. The fraction of sp³-hybridized carbons (Fsp3) is 0.600. The number of anilines is 1. The lowest BCUT2D eigenvalue weighted by Gasteiger charge is -2.24. The van der Waals surface area contributed by atoms with Gasteiger partial charge in [0.25, 0.3) is 6.01 Å². The van der Waals surface area contributed by atoms with Crippen molar-refractivity contribution in [2.24, 2.45) is 11.3 Å². The average molecular weight is 422 g/mol. The van der Waals surface area contributed by atoms with E-state index in [1.54, 1.807) is 0 Å². The number of carbonyl (C=O) groups is 1. The third-order valence-electron chi connectivity index (χ3n) is 6.55. The van der Waals surface area contributed by atoms with E-state index in [2.05, 4.69) is 15.2 Å². The summed E-state index contributed by atoms with van der Waals surface area (Å²) in [5.41, 5.74) is 1.76. The second-order valence-corrected chi connectivity index (χ2v) is 10.6. The molecule has 0 radical (unpaired) electrons. The van der Waals surface area contributed by atoms with Crippen molar-refractivity contribution in [2.45, 2.75) is 38.1 Å². The van der Waals surface area contributed by atoms with Crippen LogP contribution in [-0.4, -0.2) is 45.7 Å². The van der Waals surface area contributed by atoms with Crippen LogP contribution in [0.2, 0.25) is 5.02 Å². The summed E-state index contributed by atoms with van der Waals surface area (Å²) < 4.78 is 17.5. The normalized spacial score (nSPS) is 32.6. The minimum Gasteiger partial charge on any atom is -0.423 e. The number of fused-ring (bicyclic) bond motifs is 1. The van der Waals surface area contributed by atoms with E-state index in [-0.39, 0.29) is 23.3 Å². The Morgan fingerprint density at radius 1 is 1.36 bits per heavy atom. The van der Waals surface area contributed by atoms with E-state index in [0.29, 0.717) is 22.5 Å². The molecule has 1 aliphatic carbocycles. The first-order valence-corrected chi connectivity index (χ1v) is 11.8. The third kappa shape index (κ3) is 3.43. The summed E-state index contributed by atoms with van der Waals surface area (Å²) in [5, 5.41) is 3.89. The Bertz CT molecular complexity index is 948. The maximum atomic E-state index is 12.5. The first-order valence-electron chi connectivity index (χ1n) is 9.96. The molecule has 8 heteroatoms. The predicted octanol–water partition coefficient (Wildman–Crippen LogP) is 3.12. The lowest BCUT2D eigenvalue weighted by Crippen LogP contribution is -2.38. The van der Waals surface area contributed by atoms with Gasteiger partial charge in [0.2, 0.25) is 5.91 Å². The molecule has 3 fully saturated rings. The van der Waals surface area contributed by atoms with Crippen LogP contribution in [0.4, 0.5) is 6.01 Å². The van der Waals surface area contributed by atoms with Gasteiger partial charge in [0, 0.05) is 46.5 Å². The van der Waals surface area contributed by atoms with E-state index < -0.39 is 10.8 Å². The molecule has 3 aliphatic rings. The Hall–Kier alpha value is -1.60. The molecule has 1 spiro atoms. The minimum absolute atomic E-state index is 0.0657. The number of carbonyl (C=O) groups excluding carboxylic acids is 1. The number of halogens is 1. The number of hydrogen-bond acceptors (Lipinski definition) is 5. The molecular formula is C20H24ClN3O3S. The molecular weight excluding hydrogens is 398 g/mol. The fourth-order valence-corrected chi connectivity index (χ4v) is 6.66. The first-order chi connectivity index (χ1) is 13.5. The standard InChI is InChI=1S/C20H24ClN3O3S/c21-14-1-2-17-16(9-14)23-19(27-17)24-7-6-20(12-24)5-3-15(10-20)22-18(25)13-4-8-28(26)11-13/h1-2,9,13,15H,3-8,10-12H2,(H,22,25). The molecule has 5 rings (SSSR count). The van der Waals surface area contributed by atoms with Gasteiger partial charge >= 0.3 is 0 Å². The van der Waals surface area contributed by atoms with Crippen molar-refractivity contribution >= 4 is 45.4 Å². The van der Waals surface area contributed by atoms with Crippen molar-refractivity contribution in [3.05, 3.63) is 23.2 Å². The van der Waals surface area contributed by atoms with Gasteiger partial charge in [0.15, 0.2) is 5.58 Å². The Kier molecular flexibility index (Phi) is 4.62. The quantitative estimate of drug-likeness (QED) is 0.824. The van der Waals surface area contributed by atoms with Crippen LogP contribution in [0, 0.1) is 11.3 Å². The van der Waals surface area contributed by atoms with Gasteiger partial charge in [-0.05, 0) is 55.7 Å². The molecule has 2 aliphatic heterocycles. The van der Waals surface area contributed by atoms with Crippen molar-refractivity contribution in [3.63, 3.8) is 0 Å². The zero-order valence-electron chi connectivity index (χ0n) is 15.7. The number of benzene rings is 1. The lowest BCUT2D eigenvalue weighted by atomic mass is 9.85. The molecule has 0 bridgehead atoms. The van der Waals surface area contributed by atoms with Crippen LogP contribution in [0.3, 0.4) is 0 Å². The van der Waals surface area contributed by atoms with Gasteiger partial charge in [-0.3, -0.25) is 9.00 Å². The number of nitrogens with one attached hydrogen (secondary N) is 1. The summed E-state index contributed by atoms with van der Waals surface area (Å²) in [6.07, 6.45) is 4.96. The van der Waals surface area contributed by atoms with Gasteiger partial charge in [-0.2, -0.15) is 4.98 Å². The van der Waals surface area contributed by atoms with Crippen molar-refractivity contribution in [1.82, 2.24) is 10.3 Å². The molecule has 2 aromatic rings. The highest BCUT2D eigenvalue weighted by Gasteiger charge is 2.45. The maximum absolute atomic E-state index is 12.5. The van der Waals surface area contributed by atoms with Gasteiger partial charge in [0.05, 0.1) is 5.92 Å². The highest BCUT2D eigenvalue weighted by atomic mass is 35.5. The smallest absolute Gasteiger partial charge is 0.298 e. The van der Waals surface area contributed by atoms with Crippen molar-refractivity contribution in [3.8, 4) is 0 Å². The Morgan fingerprint density at radius 3 is 3.07 bits per heavy atom. The summed E-state index contributed by atoms with van der Waals surface area (Å²) in [7, 11) is -0.813. The SMILES string of the molecule is O=C(NC1CCC2(CCN(c3nc4cc(Cl)ccc4o3)C2)C1)C1CCS(=O)C1. The van der Waals surface area contributed by atoms with Crippen molar-refractivity contribution in [1.29, 1.82) is 0 Å². The molecule has 3 heterocycles. The monoisotopic (exact) mass is 421 g/mol. The maximum Gasteiger partial charge on any atom is 0.298 e. The Morgan fingerprint density at radius 2 is 2.25 bits per heavy atom. The van der Waals surface area contributed by atoms with Crippen LogP contribution in [0.5, 0.6) is 0 Å². The van der Waals surface area contributed by atoms with Crippen molar-refractivity contribution in [2.75, 3.05) is 29.5 Å². The molecule has 1 saturated carbocycles. The van der Waals surface area contributed by atoms with Gasteiger partial charge in [-0.15, -0.1) is 0 Å². The number of hydrogen-bond donors (Lipinski definition) is 1. The second kappa shape index (κ2) is 7.02. The van der Waals surface area contributed by atoms with Crippen LogP contribution in [0.1, 0.15) is 32.1 Å². The average Bonchev–Trinajstić information content (AvgIpc) is 3.42. The Balaban J connectivity index is 1.22. The van der Waals surface area contributed by atoms with Crippen LogP contribution in [-0.2, 0) is 15.6 Å². The molecule has 1 aromatic heterocycles. The van der Waals surface area contributed by atoms with E-state index >= 15 is 0 Å². The van der Waals surface area contributed by atoms with Crippen LogP contribution in [0.15, 0.2) is 22.6 Å². The Labute approximate surface area is 171 Å². The molecule has 1 N–H and O–H groups in total. The molecule has 2 saturated heterocycles. The van der Waals surface area contributed by atoms with E-state index in [0.717, 1.165) is 56.3 Å². The molecule has 4 atom stereocenters. The van der Waals surface area contributed by atoms with Gasteiger partial charge < -0.3 is 14.6 Å². The number of rotatable bonds is 3. The third-order valence-corrected chi connectivity index (χ3v) is 8.25. The number of oxazole rings is 1. The largest absolute Gasteiger partial charge is 0.423 e. The number of aromatic nitrogens is 1. The molecule has 1 amide bonds. The highest BCUT2D eigenvalue weighted by Crippen LogP contribution is 2.46. The van der Waals surface area contributed by atoms with Crippen LogP contribution < -0.4 is 10.2 Å². The molecule has 6 nitrogen and oxygen atoms in total. The van der Waals surface area contributed by atoms with Crippen LogP contribution in [0.25, 0.3) is 11.1 Å².